The molecule has 5 nitrogen and oxygen atoms in total. The molecule has 5 heteroatoms. The Hall–Kier alpha value is -0.810. The molecule has 0 saturated heterocycles. The number of hydrogen-bond donors (Lipinski definition) is 1. The second-order valence-corrected chi connectivity index (χ2v) is 4.59. The summed E-state index contributed by atoms with van der Waals surface area (Å²) in [5.41, 5.74) is -0.456. The van der Waals surface area contributed by atoms with E-state index in [1.54, 1.807) is 0 Å². The van der Waals surface area contributed by atoms with Crippen LogP contribution >= 0.6 is 0 Å². The van der Waals surface area contributed by atoms with Crippen LogP contribution < -0.4 is 5.32 Å². The Morgan fingerprint density at radius 2 is 1.76 bits per heavy atom. The minimum atomic E-state index is -0.456. The third-order valence-electron chi connectivity index (χ3n) is 1.70. The second kappa shape index (κ2) is 9.24. The first-order valence-electron chi connectivity index (χ1n) is 6.08. The predicted octanol–water partition coefficient (Wildman–Crippen LogP) is 1.95. The predicted molar refractivity (Wildman–Crippen MR) is 66.2 cm³/mol. The molecule has 1 N–H and O–H groups in total. The number of rotatable bonds is 8. The molecule has 0 aromatic rings. The zero-order valence-electron chi connectivity index (χ0n) is 11.4. The van der Waals surface area contributed by atoms with Gasteiger partial charge in [-0.1, -0.05) is 0 Å². The van der Waals surface area contributed by atoms with Gasteiger partial charge in [-0.2, -0.15) is 0 Å². The summed E-state index contributed by atoms with van der Waals surface area (Å²) in [6.07, 6.45) is 0.468. The molecule has 0 rings (SSSR count). The van der Waals surface area contributed by atoms with Crippen molar-refractivity contribution in [3.05, 3.63) is 0 Å². The van der Waals surface area contributed by atoms with Crippen LogP contribution in [0.2, 0.25) is 0 Å². The van der Waals surface area contributed by atoms with E-state index in [1.807, 2.05) is 27.7 Å². The van der Waals surface area contributed by atoms with Crippen LogP contribution in [0.5, 0.6) is 0 Å². The minimum Gasteiger partial charge on any atom is -0.444 e. The summed E-state index contributed by atoms with van der Waals surface area (Å²) in [5.74, 6) is 0. The van der Waals surface area contributed by atoms with Crippen LogP contribution in [-0.4, -0.2) is 44.7 Å². The van der Waals surface area contributed by atoms with Crippen molar-refractivity contribution in [1.82, 2.24) is 5.32 Å². The molecular weight excluding hydrogens is 222 g/mol. The molecule has 0 aliphatic heterocycles. The summed E-state index contributed by atoms with van der Waals surface area (Å²) in [7, 11) is 0. The quantitative estimate of drug-likeness (QED) is 0.666. The average Bonchev–Trinajstić information content (AvgIpc) is 2.19. The lowest BCUT2D eigenvalue weighted by atomic mass is 10.2. The number of carbonyl (C=O) groups excluding carboxylic acids is 1. The van der Waals surface area contributed by atoms with E-state index in [0.29, 0.717) is 19.8 Å². The van der Waals surface area contributed by atoms with Gasteiger partial charge in [0.25, 0.3) is 0 Å². The maximum Gasteiger partial charge on any atom is 0.407 e. The summed E-state index contributed by atoms with van der Waals surface area (Å²) < 4.78 is 15.5. The maximum atomic E-state index is 11.2. The summed E-state index contributed by atoms with van der Waals surface area (Å²) in [4.78, 5) is 11.2. The number of hydrogen-bond acceptors (Lipinski definition) is 4. The number of nitrogens with one attached hydrogen (secondary N) is 1. The molecule has 0 bridgehead atoms. The first-order valence-corrected chi connectivity index (χ1v) is 6.08. The summed E-state index contributed by atoms with van der Waals surface area (Å²) in [6, 6.07) is 0. The summed E-state index contributed by atoms with van der Waals surface area (Å²) in [5, 5.41) is 2.62. The molecule has 0 aliphatic carbocycles. The molecule has 0 spiro atoms. The molecule has 0 heterocycles. The average molecular weight is 247 g/mol. The van der Waals surface area contributed by atoms with Gasteiger partial charge in [0.1, 0.15) is 5.60 Å². The van der Waals surface area contributed by atoms with Crippen molar-refractivity contribution in [3.63, 3.8) is 0 Å². The van der Waals surface area contributed by atoms with Crippen LogP contribution in [0, 0.1) is 0 Å². The van der Waals surface area contributed by atoms with Gasteiger partial charge in [-0.25, -0.2) is 4.79 Å². The number of amides is 1. The highest BCUT2D eigenvalue weighted by Gasteiger charge is 2.15. The van der Waals surface area contributed by atoms with Crippen LogP contribution in [0.1, 0.15) is 34.1 Å². The highest BCUT2D eigenvalue weighted by Crippen LogP contribution is 2.05. The smallest absolute Gasteiger partial charge is 0.407 e. The Bertz CT molecular complexity index is 201. The molecule has 0 atom stereocenters. The van der Waals surface area contributed by atoms with Crippen molar-refractivity contribution in [2.24, 2.45) is 0 Å². The SMILES string of the molecule is CCOCCCOCCNC(=O)OC(C)(C)C. The largest absolute Gasteiger partial charge is 0.444 e. The van der Waals surface area contributed by atoms with E-state index in [1.165, 1.54) is 0 Å². The molecule has 102 valence electrons. The standard InChI is InChI=1S/C12H25NO4/c1-5-15-8-6-9-16-10-7-13-11(14)17-12(2,3)4/h5-10H2,1-4H3,(H,13,14). The Morgan fingerprint density at radius 1 is 1.12 bits per heavy atom. The molecule has 0 saturated carbocycles. The lowest BCUT2D eigenvalue weighted by Crippen LogP contribution is -2.34. The Balaban J connectivity index is 3.25. The van der Waals surface area contributed by atoms with Crippen LogP contribution in [-0.2, 0) is 14.2 Å². The van der Waals surface area contributed by atoms with Crippen LogP contribution in [0.4, 0.5) is 4.79 Å². The third kappa shape index (κ3) is 13.1. The van der Waals surface area contributed by atoms with Gasteiger partial charge in [-0.3, -0.25) is 0 Å². The molecule has 0 radical (unpaired) electrons. The van der Waals surface area contributed by atoms with Gasteiger partial charge >= 0.3 is 6.09 Å². The fourth-order valence-electron chi connectivity index (χ4n) is 1.05. The van der Waals surface area contributed by atoms with Crippen LogP contribution in [0.25, 0.3) is 0 Å². The van der Waals surface area contributed by atoms with Gasteiger partial charge in [0.2, 0.25) is 0 Å². The van der Waals surface area contributed by atoms with Gasteiger partial charge in [0, 0.05) is 26.4 Å². The van der Waals surface area contributed by atoms with Crippen molar-refractivity contribution < 1.29 is 19.0 Å². The Morgan fingerprint density at radius 3 is 2.35 bits per heavy atom. The summed E-state index contributed by atoms with van der Waals surface area (Å²) >= 11 is 0. The highest BCUT2D eigenvalue weighted by atomic mass is 16.6. The Kier molecular flexibility index (Phi) is 8.80. The third-order valence-corrected chi connectivity index (χ3v) is 1.70. The maximum absolute atomic E-state index is 11.2. The zero-order valence-corrected chi connectivity index (χ0v) is 11.4. The monoisotopic (exact) mass is 247 g/mol. The van der Waals surface area contributed by atoms with Gasteiger partial charge in [-0.05, 0) is 34.1 Å². The lowest BCUT2D eigenvalue weighted by molar-refractivity contribution is 0.0487. The number of carbonyl (C=O) groups is 1. The van der Waals surface area contributed by atoms with E-state index in [4.69, 9.17) is 14.2 Å². The zero-order chi connectivity index (χ0) is 13.1. The molecule has 0 aromatic carbocycles. The fourth-order valence-corrected chi connectivity index (χ4v) is 1.05. The first kappa shape index (κ1) is 16.2. The van der Waals surface area contributed by atoms with Crippen molar-refractivity contribution in [2.45, 2.75) is 39.7 Å². The fraction of sp³-hybridized carbons (Fsp3) is 0.917. The van der Waals surface area contributed by atoms with Gasteiger partial charge < -0.3 is 19.5 Å². The molecule has 0 unspecified atom stereocenters. The van der Waals surface area contributed by atoms with Gasteiger partial charge in [-0.15, -0.1) is 0 Å². The van der Waals surface area contributed by atoms with Gasteiger partial charge in [0.05, 0.1) is 6.61 Å². The first-order chi connectivity index (χ1) is 7.95. The second-order valence-electron chi connectivity index (χ2n) is 4.59. The van der Waals surface area contributed by atoms with Crippen molar-refractivity contribution >= 4 is 6.09 Å². The van der Waals surface area contributed by atoms with E-state index >= 15 is 0 Å². The molecule has 1 amide bonds. The van der Waals surface area contributed by atoms with Crippen LogP contribution in [0.3, 0.4) is 0 Å². The topological polar surface area (TPSA) is 56.8 Å². The minimum absolute atomic E-state index is 0.407. The van der Waals surface area contributed by atoms with Crippen molar-refractivity contribution in [1.29, 1.82) is 0 Å². The molecule has 0 aliphatic rings. The normalized spacial score (nSPS) is 11.3. The summed E-state index contributed by atoms with van der Waals surface area (Å²) in [6.45, 7) is 10.5. The van der Waals surface area contributed by atoms with Crippen molar-refractivity contribution in [3.8, 4) is 0 Å². The van der Waals surface area contributed by atoms with E-state index < -0.39 is 11.7 Å². The van der Waals surface area contributed by atoms with Crippen molar-refractivity contribution in [2.75, 3.05) is 33.0 Å². The van der Waals surface area contributed by atoms with E-state index in [0.717, 1.165) is 19.6 Å². The molecule has 17 heavy (non-hydrogen) atoms. The highest BCUT2D eigenvalue weighted by molar-refractivity contribution is 5.67. The van der Waals surface area contributed by atoms with E-state index in [2.05, 4.69) is 5.32 Å². The van der Waals surface area contributed by atoms with E-state index in [-0.39, 0.29) is 0 Å². The number of alkyl carbamates (subject to hydrolysis) is 1. The number of ether oxygens (including phenoxy) is 3. The van der Waals surface area contributed by atoms with Crippen LogP contribution in [0.15, 0.2) is 0 Å². The molecule has 0 fully saturated rings. The van der Waals surface area contributed by atoms with E-state index in [9.17, 15) is 4.79 Å². The molecule has 0 aromatic heterocycles. The van der Waals surface area contributed by atoms with Gasteiger partial charge in [0.15, 0.2) is 0 Å². The Labute approximate surface area is 104 Å². The lowest BCUT2D eigenvalue weighted by Gasteiger charge is -2.19. The molecular formula is C12H25NO4.